The lowest BCUT2D eigenvalue weighted by Crippen LogP contribution is -2.46. The first-order valence-corrected chi connectivity index (χ1v) is 12.9. The van der Waals surface area contributed by atoms with Crippen LogP contribution in [0, 0.1) is 17.6 Å². The Hall–Kier alpha value is -5.14. The molecule has 1 aromatic carbocycles. The molecule has 5 rings (SSSR count). The van der Waals surface area contributed by atoms with Gasteiger partial charge < -0.3 is 26.2 Å². The Morgan fingerprint density at radius 1 is 0.935 bits per heavy atom. The van der Waals surface area contributed by atoms with Crippen molar-refractivity contribution < 1.29 is 54.9 Å². The van der Waals surface area contributed by atoms with Gasteiger partial charge in [-0.15, -0.1) is 10.2 Å². The molecule has 0 spiro atoms. The Balaban J connectivity index is 0.000000345. The quantitative estimate of drug-likeness (QED) is 0.224. The average Bonchev–Trinajstić information content (AvgIpc) is 3.34. The summed E-state index contributed by atoms with van der Waals surface area (Å²) < 4.78 is 93.4. The van der Waals surface area contributed by atoms with Gasteiger partial charge in [0.2, 0.25) is 0 Å². The number of piperidine rings is 1. The molecule has 20 heteroatoms. The van der Waals surface area contributed by atoms with Gasteiger partial charge in [0.05, 0.1) is 28.8 Å². The van der Waals surface area contributed by atoms with Crippen molar-refractivity contribution in [2.45, 2.75) is 31.7 Å². The summed E-state index contributed by atoms with van der Waals surface area (Å²) in [5, 5.41) is 30.1. The molecular weight excluding hydrogens is 640 g/mol. The zero-order valence-electron chi connectivity index (χ0n) is 23.4. The maximum absolute atomic E-state index is 14.3. The normalized spacial score (nSPS) is 16.5. The smallest absolute Gasteiger partial charge is 0.475 e. The number of pyridine rings is 1. The van der Waals surface area contributed by atoms with E-state index < -0.39 is 35.9 Å². The Morgan fingerprint density at radius 2 is 1.52 bits per heavy atom. The number of halogens is 8. The maximum Gasteiger partial charge on any atom is 0.490 e. The van der Waals surface area contributed by atoms with Crippen molar-refractivity contribution in [1.82, 2.24) is 24.8 Å². The summed E-state index contributed by atoms with van der Waals surface area (Å²) in [6.45, 7) is 3.79. The lowest BCUT2D eigenvalue weighted by atomic mass is 9.96. The predicted molar refractivity (Wildman–Crippen MR) is 145 cm³/mol. The lowest BCUT2D eigenvalue weighted by Gasteiger charge is -2.37. The number of carboxylic acid groups (broad SMARTS) is 2. The van der Waals surface area contributed by atoms with Gasteiger partial charge in [-0.05, 0) is 42.7 Å². The molecule has 1 aliphatic heterocycles. The van der Waals surface area contributed by atoms with E-state index in [1.165, 1.54) is 28.8 Å². The summed E-state index contributed by atoms with van der Waals surface area (Å²) in [5.74, 6) is -6.12. The molecule has 12 nitrogen and oxygen atoms in total. The van der Waals surface area contributed by atoms with Crippen molar-refractivity contribution in [1.29, 1.82) is 0 Å². The summed E-state index contributed by atoms with van der Waals surface area (Å²) in [6, 6.07) is 8.85. The third kappa shape index (κ3) is 9.19. The summed E-state index contributed by atoms with van der Waals surface area (Å²) in [5.41, 5.74) is 8.26. The van der Waals surface area contributed by atoms with Crippen LogP contribution in [-0.2, 0) is 9.59 Å². The Bertz CT molecular complexity index is 1630. The van der Waals surface area contributed by atoms with Gasteiger partial charge >= 0.3 is 24.3 Å². The summed E-state index contributed by atoms with van der Waals surface area (Å²) >= 11 is 0. The van der Waals surface area contributed by atoms with Gasteiger partial charge in [-0.2, -0.15) is 36.0 Å². The highest BCUT2D eigenvalue weighted by Crippen LogP contribution is 2.31. The first kappa shape index (κ1) is 35.3. The number of carboxylic acids is 2. The van der Waals surface area contributed by atoms with Gasteiger partial charge in [0.15, 0.2) is 5.65 Å². The lowest BCUT2D eigenvalue weighted by molar-refractivity contribution is -0.193. The topological polar surface area (TPSA) is 172 Å². The van der Waals surface area contributed by atoms with Crippen LogP contribution in [0.3, 0.4) is 0 Å². The molecule has 0 aliphatic carbocycles. The first-order chi connectivity index (χ1) is 21.4. The molecule has 0 radical (unpaired) electrons. The Morgan fingerprint density at radius 3 is 2.07 bits per heavy atom. The number of anilines is 3. The third-order valence-corrected chi connectivity index (χ3v) is 6.04. The van der Waals surface area contributed by atoms with Crippen LogP contribution < -0.4 is 16.0 Å². The average molecular weight is 665 g/mol. The van der Waals surface area contributed by atoms with Crippen LogP contribution in [0.4, 0.5) is 52.4 Å². The van der Waals surface area contributed by atoms with Gasteiger partial charge in [0.1, 0.15) is 11.6 Å². The summed E-state index contributed by atoms with van der Waals surface area (Å²) in [6.07, 6.45) is -5.76. The number of fused-ring (bicyclic) bond motifs is 1. The van der Waals surface area contributed by atoms with Crippen molar-refractivity contribution in [3.63, 3.8) is 0 Å². The SMILES string of the molecule is C[C@H]1C[C@@H](N)CN(c2ccncc2Nc2nnc3ccc(-c4c(F)cccc4F)nn23)C1.O=C(O)C(F)(F)F.O=C(O)C(F)(F)F. The molecule has 2 atom stereocenters. The highest BCUT2D eigenvalue weighted by molar-refractivity contribution is 5.74. The number of hydrogen-bond donors (Lipinski definition) is 4. The van der Waals surface area contributed by atoms with E-state index in [4.69, 9.17) is 25.5 Å². The second-order valence-corrected chi connectivity index (χ2v) is 9.74. The molecule has 46 heavy (non-hydrogen) atoms. The van der Waals surface area contributed by atoms with E-state index in [1.54, 1.807) is 18.5 Å². The molecule has 0 amide bonds. The van der Waals surface area contributed by atoms with Crippen LogP contribution in [-0.4, -0.2) is 78.4 Å². The standard InChI is InChI=1S/C22H22F2N8.2C2HF3O2/c1-13-9-14(25)12-31(11-13)19-7-8-26-10-18(19)27-22-29-28-20-6-5-17(30-32(20)22)21-15(23)3-2-4-16(21)24;2*3-2(4,5)1(6)7/h2-8,10,13-14H,9,11-12,25H2,1H3,(H,27,29);2*(H,6,7)/t13-,14+;;/m0../s1. The van der Waals surface area contributed by atoms with E-state index in [0.717, 1.165) is 25.2 Å². The number of nitrogens with one attached hydrogen (secondary N) is 1. The van der Waals surface area contributed by atoms with Crippen LogP contribution in [0.25, 0.3) is 16.9 Å². The number of hydrogen-bond acceptors (Lipinski definition) is 9. The van der Waals surface area contributed by atoms with Crippen molar-refractivity contribution in [3.8, 4) is 11.3 Å². The van der Waals surface area contributed by atoms with Crippen LogP contribution in [0.5, 0.6) is 0 Å². The minimum absolute atomic E-state index is 0.0913. The molecule has 4 heterocycles. The van der Waals surface area contributed by atoms with E-state index in [1.807, 2.05) is 6.07 Å². The summed E-state index contributed by atoms with van der Waals surface area (Å²) in [7, 11) is 0. The van der Waals surface area contributed by atoms with Crippen LogP contribution in [0.15, 0.2) is 48.8 Å². The molecule has 5 N–H and O–H groups in total. The molecule has 0 unspecified atom stereocenters. The maximum atomic E-state index is 14.3. The molecule has 0 bridgehead atoms. The number of alkyl halides is 6. The minimum Gasteiger partial charge on any atom is -0.475 e. The molecule has 1 aliphatic rings. The zero-order chi connectivity index (χ0) is 34.4. The fraction of sp³-hybridized carbons (Fsp3) is 0.308. The largest absolute Gasteiger partial charge is 0.490 e. The van der Waals surface area contributed by atoms with Crippen LogP contribution in [0.1, 0.15) is 13.3 Å². The molecule has 0 saturated carbocycles. The third-order valence-electron chi connectivity index (χ3n) is 6.04. The van der Waals surface area contributed by atoms with E-state index in [-0.39, 0.29) is 17.3 Å². The van der Waals surface area contributed by atoms with Gasteiger partial charge in [-0.1, -0.05) is 13.0 Å². The number of aromatic nitrogens is 5. The molecule has 4 aromatic rings. The van der Waals surface area contributed by atoms with Crippen molar-refractivity contribution in [2.24, 2.45) is 11.7 Å². The zero-order valence-corrected chi connectivity index (χ0v) is 23.4. The molecular formula is C26H24F8N8O4. The molecule has 1 saturated heterocycles. The number of rotatable bonds is 4. The van der Waals surface area contributed by atoms with Crippen LogP contribution >= 0.6 is 0 Å². The number of aliphatic carboxylic acids is 2. The van der Waals surface area contributed by atoms with Crippen LogP contribution in [0.2, 0.25) is 0 Å². The second-order valence-electron chi connectivity index (χ2n) is 9.74. The number of nitrogens with zero attached hydrogens (tertiary/aromatic N) is 6. The molecule has 1 fully saturated rings. The fourth-order valence-corrected chi connectivity index (χ4v) is 4.22. The minimum atomic E-state index is -5.08. The van der Waals surface area contributed by atoms with E-state index >= 15 is 0 Å². The number of carbonyl (C=O) groups is 2. The van der Waals surface area contributed by atoms with E-state index in [0.29, 0.717) is 23.2 Å². The number of benzene rings is 1. The van der Waals surface area contributed by atoms with Gasteiger partial charge in [0, 0.05) is 25.3 Å². The van der Waals surface area contributed by atoms with Gasteiger partial charge in [-0.3, -0.25) is 4.98 Å². The predicted octanol–water partition coefficient (Wildman–Crippen LogP) is 4.65. The highest BCUT2D eigenvalue weighted by Gasteiger charge is 2.39. The Kier molecular flexibility index (Phi) is 11.0. The second kappa shape index (κ2) is 14.3. The fourth-order valence-electron chi connectivity index (χ4n) is 4.22. The van der Waals surface area contributed by atoms with Gasteiger partial charge in [-0.25, -0.2) is 18.4 Å². The first-order valence-electron chi connectivity index (χ1n) is 12.9. The summed E-state index contributed by atoms with van der Waals surface area (Å²) in [4.78, 5) is 24.2. The number of nitrogens with two attached hydrogens (primary N) is 1. The van der Waals surface area contributed by atoms with E-state index in [2.05, 4.69) is 37.4 Å². The van der Waals surface area contributed by atoms with Gasteiger partial charge in [0.25, 0.3) is 5.95 Å². The van der Waals surface area contributed by atoms with E-state index in [9.17, 15) is 35.1 Å². The Labute approximate surface area is 253 Å². The van der Waals surface area contributed by atoms with Crippen molar-refractivity contribution >= 4 is 34.9 Å². The monoisotopic (exact) mass is 664 g/mol. The van der Waals surface area contributed by atoms with Crippen molar-refractivity contribution in [3.05, 3.63) is 60.4 Å². The molecule has 3 aromatic heterocycles. The highest BCUT2D eigenvalue weighted by atomic mass is 19.4. The van der Waals surface area contributed by atoms with Crippen molar-refractivity contribution in [2.75, 3.05) is 23.3 Å². The molecule has 248 valence electrons.